The van der Waals surface area contributed by atoms with E-state index < -0.39 is 5.97 Å². The van der Waals surface area contributed by atoms with E-state index in [1.54, 1.807) is 10.6 Å². The SMILES string of the molecule is O=C(O)c1cn2cc(N3CCCCC3)ccc2n1. The van der Waals surface area contributed by atoms with E-state index in [0.717, 1.165) is 18.8 Å². The minimum Gasteiger partial charge on any atom is -0.476 e. The standard InChI is InChI=1S/C13H15N3O2/c17-13(18)11-9-16-8-10(4-5-12(16)14-11)15-6-2-1-3-7-15/h4-5,8-9H,1-3,6-7H2,(H,17,18). The first-order valence-electron chi connectivity index (χ1n) is 6.21. The second-order valence-electron chi connectivity index (χ2n) is 4.63. The van der Waals surface area contributed by atoms with Crippen molar-refractivity contribution in [3.63, 3.8) is 0 Å². The van der Waals surface area contributed by atoms with Gasteiger partial charge in [0.05, 0.1) is 5.69 Å². The molecule has 2 aromatic heterocycles. The lowest BCUT2D eigenvalue weighted by Gasteiger charge is -2.28. The Bertz CT molecular complexity index is 585. The largest absolute Gasteiger partial charge is 0.476 e. The molecule has 3 rings (SSSR count). The molecule has 1 aliphatic rings. The minimum absolute atomic E-state index is 0.0887. The van der Waals surface area contributed by atoms with Crippen LogP contribution < -0.4 is 4.90 Å². The first-order chi connectivity index (χ1) is 8.74. The fraction of sp³-hybridized carbons (Fsp3) is 0.385. The summed E-state index contributed by atoms with van der Waals surface area (Å²) in [5.74, 6) is -0.988. The first kappa shape index (κ1) is 11.1. The average Bonchev–Trinajstić information content (AvgIpc) is 2.82. The summed E-state index contributed by atoms with van der Waals surface area (Å²) in [6.07, 6.45) is 7.27. The van der Waals surface area contributed by atoms with Gasteiger partial charge in [0.2, 0.25) is 0 Å². The van der Waals surface area contributed by atoms with Crippen LogP contribution in [0.1, 0.15) is 29.8 Å². The Hall–Kier alpha value is -2.04. The van der Waals surface area contributed by atoms with Crippen molar-refractivity contribution in [1.29, 1.82) is 0 Å². The molecule has 1 aliphatic heterocycles. The lowest BCUT2D eigenvalue weighted by molar-refractivity contribution is 0.0691. The van der Waals surface area contributed by atoms with Crippen LogP contribution in [0.15, 0.2) is 24.5 Å². The maximum atomic E-state index is 10.9. The van der Waals surface area contributed by atoms with E-state index in [2.05, 4.69) is 9.88 Å². The Labute approximate surface area is 105 Å². The Morgan fingerprint density at radius 1 is 1.17 bits per heavy atom. The van der Waals surface area contributed by atoms with Gasteiger partial charge in [0.1, 0.15) is 5.65 Å². The van der Waals surface area contributed by atoms with Gasteiger partial charge < -0.3 is 14.4 Å². The highest BCUT2D eigenvalue weighted by Crippen LogP contribution is 2.20. The van der Waals surface area contributed by atoms with Crippen LogP contribution in [-0.4, -0.2) is 33.6 Å². The van der Waals surface area contributed by atoms with Gasteiger partial charge in [-0.05, 0) is 31.4 Å². The number of aromatic nitrogens is 2. The fourth-order valence-electron chi connectivity index (χ4n) is 2.42. The van der Waals surface area contributed by atoms with Crippen molar-refractivity contribution >= 4 is 17.3 Å². The van der Waals surface area contributed by atoms with E-state index in [4.69, 9.17) is 5.11 Å². The molecule has 3 heterocycles. The first-order valence-corrected chi connectivity index (χ1v) is 6.21. The van der Waals surface area contributed by atoms with E-state index in [9.17, 15) is 4.79 Å². The minimum atomic E-state index is -0.988. The van der Waals surface area contributed by atoms with Gasteiger partial charge in [-0.15, -0.1) is 0 Å². The zero-order valence-corrected chi connectivity index (χ0v) is 10.0. The molecule has 2 aromatic rings. The summed E-state index contributed by atoms with van der Waals surface area (Å²) in [5.41, 5.74) is 1.90. The van der Waals surface area contributed by atoms with Crippen molar-refractivity contribution in [2.75, 3.05) is 18.0 Å². The third-order valence-corrected chi connectivity index (χ3v) is 3.38. The normalized spacial score (nSPS) is 16.1. The molecule has 0 amide bonds. The van der Waals surface area contributed by atoms with Gasteiger partial charge in [0.15, 0.2) is 5.69 Å². The number of hydrogen-bond acceptors (Lipinski definition) is 3. The quantitative estimate of drug-likeness (QED) is 0.879. The maximum Gasteiger partial charge on any atom is 0.356 e. The second kappa shape index (κ2) is 4.33. The van der Waals surface area contributed by atoms with E-state index in [-0.39, 0.29) is 5.69 Å². The maximum absolute atomic E-state index is 10.9. The number of carboxylic acids is 1. The summed E-state index contributed by atoms with van der Waals surface area (Å²) in [6, 6.07) is 3.88. The van der Waals surface area contributed by atoms with E-state index in [1.807, 2.05) is 18.3 Å². The topological polar surface area (TPSA) is 57.8 Å². The van der Waals surface area contributed by atoms with Crippen molar-refractivity contribution in [3.8, 4) is 0 Å². The Morgan fingerprint density at radius 2 is 1.94 bits per heavy atom. The zero-order chi connectivity index (χ0) is 12.5. The lowest BCUT2D eigenvalue weighted by Crippen LogP contribution is -2.29. The molecule has 0 bridgehead atoms. The van der Waals surface area contributed by atoms with Crippen molar-refractivity contribution < 1.29 is 9.90 Å². The molecular formula is C13H15N3O2. The molecule has 0 radical (unpaired) electrons. The number of fused-ring (bicyclic) bond motifs is 1. The van der Waals surface area contributed by atoms with Gasteiger partial charge in [-0.3, -0.25) is 0 Å². The van der Waals surface area contributed by atoms with Crippen molar-refractivity contribution in [2.45, 2.75) is 19.3 Å². The third kappa shape index (κ3) is 1.92. The smallest absolute Gasteiger partial charge is 0.356 e. The highest BCUT2D eigenvalue weighted by Gasteiger charge is 2.13. The summed E-state index contributed by atoms with van der Waals surface area (Å²) >= 11 is 0. The summed E-state index contributed by atoms with van der Waals surface area (Å²) in [4.78, 5) is 17.3. The molecule has 18 heavy (non-hydrogen) atoms. The lowest BCUT2D eigenvalue weighted by atomic mass is 10.1. The second-order valence-corrected chi connectivity index (χ2v) is 4.63. The van der Waals surface area contributed by atoms with Crippen LogP contribution in [0, 0.1) is 0 Å². The number of rotatable bonds is 2. The highest BCUT2D eigenvalue weighted by molar-refractivity contribution is 5.86. The van der Waals surface area contributed by atoms with Crippen LogP contribution in [0.3, 0.4) is 0 Å². The van der Waals surface area contributed by atoms with Gasteiger partial charge in [0.25, 0.3) is 0 Å². The van der Waals surface area contributed by atoms with E-state index in [0.29, 0.717) is 5.65 Å². The molecule has 0 spiro atoms. The molecule has 0 aromatic carbocycles. The summed E-state index contributed by atoms with van der Waals surface area (Å²) < 4.78 is 1.79. The number of carboxylic acid groups (broad SMARTS) is 1. The number of anilines is 1. The molecular weight excluding hydrogens is 230 g/mol. The Balaban J connectivity index is 1.96. The Kier molecular flexibility index (Phi) is 2.66. The van der Waals surface area contributed by atoms with Gasteiger partial charge in [0, 0.05) is 25.5 Å². The summed E-state index contributed by atoms with van der Waals surface area (Å²) in [5, 5.41) is 8.92. The molecule has 1 N–H and O–H groups in total. The zero-order valence-electron chi connectivity index (χ0n) is 10.0. The van der Waals surface area contributed by atoms with Crippen molar-refractivity contribution in [3.05, 3.63) is 30.2 Å². The molecule has 0 atom stereocenters. The number of nitrogens with zero attached hydrogens (tertiary/aromatic N) is 3. The monoisotopic (exact) mass is 245 g/mol. The van der Waals surface area contributed by atoms with Gasteiger partial charge in [-0.1, -0.05) is 0 Å². The van der Waals surface area contributed by atoms with Crippen molar-refractivity contribution in [1.82, 2.24) is 9.38 Å². The predicted octanol–water partition coefficient (Wildman–Crippen LogP) is 2.02. The number of aromatic carboxylic acids is 1. The van der Waals surface area contributed by atoms with E-state index >= 15 is 0 Å². The molecule has 5 heteroatoms. The van der Waals surface area contributed by atoms with Crippen molar-refractivity contribution in [2.24, 2.45) is 0 Å². The predicted molar refractivity (Wildman–Crippen MR) is 68.2 cm³/mol. The van der Waals surface area contributed by atoms with Crippen LogP contribution >= 0.6 is 0 Å². The third-order valence-electron chi connectivity index (χ3n) is 3.38. The van der Waals surface area contributed by atoms with E-state index in [1.165, 1.54) is 19.3 Å². The number of piperidine rings is 1. The van der Waals surface area contributed by atoms with Crippen LogP contribution in [-0.2, 0) is 0 Å². The van der Waals surface area contributed by atoms with Crippen LogP contribution in [0.4, 0.5) is 5.69 Å². The van der Waals surface area contributed by atoms with Crippen LogP contribution in [0.5, 0.6) is 0 Å². The summed E-state index contributed by atoms with van der Waals surface area (Å²) in [7, 11) is 0. The molecule has 1 saturated heterocycles. The average molecular weight is 245 g/mol. The van der Waals surface area contributed by atoms with Crippen LogP contribution in [0.2, 0.25) is 0 Å². The molecule has 5 nitrogen and oxygen atoms in total. The summed E-state index contributed by atoms with van der Waals surface area (Å²) in [6.45, 7) is 2.15. The van der Waals surface area contributed by atoms with Crippen LogP contribution in [0.25, 0.3) is 5.65 Å². The fourth-order valence-corrected chi connectivity index (χ4v) is 2.42. The Morgan fingerprint density at radius 3 is 2.67 bits per heavy atom. The molecule has 0 saturated carbocycles. The number of carbonyl (C=O) groups is 1. The molecule has 94 valence electrons. The highest BCUT2D eigenvalue weighted by atomic mass is 16.4. The number of pyridine rings is 1. The number of hydrogen-bond donors (Lipinski definition) is 1. The van der Waals surface area contributed by atoms with Gasteiger partial charge in [-0.25, -0.2) is 9.78 Å². The van der Waals surface area contributed by atoms with Gasteiger partial charge >= 0.3 is 5.97 Å². The molecule has 1 fully saturated rings. The number of imidazole rings is 1. The molecule has 0 aliphatic carbocycles. The van der Waals surface area contributed by atoms with Gasteiger partial charge in [-0.2, -0.15) is 0 Å². The molecule has 0 unspecified atom stereocenters.